The minimum Gasteiger partial charge on any atom is -0.385 e. The van der Waals surface area contributed by atoms with Crippen LogP contribution in [0.2, 0.25) is 0 Å². The van der Waals surface area contributed by atoms with Gasteiger partial charge in [-0.25, -0.2) is 9.18 Å². The summed E-state index contributed by atoms with van der Waals surface area (Å²) in [7, 11) is 0. The number of nitrogens with zero attached hydrogens (tertiary/aromatic N) is 2. The van der Waals surface area contributed by atoms with Crippen molar-refractivity contribution in [2.75, 3.05) is 17.6 Å². The third kappa shape index (κ3) is 4.60. The summed E-state index contributed by atoms with van der Waals surface area (Å²) in [6, 6.07) is 16.6. The smallest absolute Gasteiger partial charge is 0.363 e. The van der Waals surface area contributed by atoms with Gasteiger partial charge in [0.2, 0.25) is 0 Å². The van der Waals surface area contributed by atoms with Crippen LogP contribution >= 0.6 is 11.8 Å². The lowest BCUT2D eigenvalue weighted by molar-refractivity contribution is -0.178. The molecule has 8 heteroatoms. The van der Waals surface area contributed by atoms with Gasteiger partial charge in [-0.3, -0.25) is 9.78 Å². The predicted molar refractivity (Wildman–Crippen MR) is 121 cm³/mol. The maximum absolute atomic E-state index is 13.6. The van der Waals surface area contributed by atoms with Crippen LogP contribution < -0.4 is 5.32 Å². The van der Waals surface area contributed by atoms with Gasteiger partial charge in [-0.15, -0.1) is 16.8 Å². The Kier molecular flexibility index (Phi) is 6.41. The minimum atomic E-state index is -0.982. The Balaban J connectivity index is 1.62. The van der Waals surface area contributed by atoms with Crippen molar-refractivity contribution in [1.29, 1.82) is 0 Å². The molecule has 0 bridgehead atoms. The molecular formula is C24H22FN3O3S. The maximum Gasteiger partial charge on any atom is 0.363 e. The highest BCUT2D eigenvalue weighted by atomic mass is 32.2. The van der Waals surface area contributed by atoms with Crippen LogP contribution in [0, 0.1) is 12.7 Å². The average molecular weight is 452 g/mol. The molecule has 1 aliphatic rings. The fraction of sp³-hybridized carbons (Fsp3) is 0.208. The van der Waals surface area contributed by atoms with Crippen molar-refractivity contribution >= 4 is 29.3 Å². The molecule has 32 heavy (non-hydrogen) atoms. The van der Waals surface area contributed by atoms with Crippen LogP contribution in [0.15, 0.2) is 73.1 Å². The van der Waals surface area contributed by atoms with Crippen LogP contribution in [0.3, 0.4) is 0 Å². The Bertz CT molecular complexity index is 1110. The number of hydrogen-bond donors (Lipinski definition) is 1. The molecule has 0 radical (unpaired) electrons. The van der Waals surface area contributed by atoms with Crippen molar-refractivity contribution in [2.45, 2.75) is 18.2 Å². The largest absolute Gasteiger partial charge is 0.385 e. The number of pyridine rings is 1. The molecule has 1 aliphatic heterocycles. The van der Waals surface area contributed by atoms with E-state index in [2.05, 4.69) is 10.3 Å². The van der Waals surface area contributed by atoms with Crippen LogP contribution in [0.5, 0.6) is 0 Å². The molecule has 4 rings (SSSR count). The molecule has 1 aromatic heterocycles. The van der Waals surface area contributed by atoms with Crippen molar-refractivity contribution in [2.24, 2.45) is 0 Å². The van der Waals surface area contributed by atoms with Crippen molar-refractivity contribution < 1.29 is 18.8 Å². The summed E-state index contributed by atoms with van der Waals surface area (Å²) in [5.41, 5.74) is 2.83. The van der Waals surface area contributed by atoms with Crippen LogP contribution in [0.4, 0.5) is 10.1 Å². The number of carbonyl (C=O) groups excluding carboxylic acids is 2. The van der Waals surface area contributed by atoms with E-state index in [-0.39, 0.29) is 17.5 Å². The fourth-order valence-electron chi connectivity index (χ4n) is 3.61. The second kappa shape index (κ2) is 9.40. The minimum absolute atomic E-state index is 0.147. The lowest BCUT2D eigenvalue weighted by Gasteiger charge is -2.36. The zero-order valence-corrected chi connectivity index (χ0v) is 18.3. The first-order valence-corrected chi connectivity index (χ1v) is 11.1. The molecule has 0 saturated carbocycles. The van der Waals surface area contributed by atoms with Gasteiger partial charge in [0.25, 0.3) is 5.91 Å². The number of aryl methyl sites for hydroxylation is 1. The van der Waals surface area contributed by atoms with Gasteiger partial charge in [-0.2, -0.15) is 0 Å². The Hall–Kier alpha value is -3.39. The number of halogens is 1. The van der Waals surface area contributed by atoms with E-state index in [1.54, 1.807) is 42.7 Å². The van der Waals surface area contributed by atoms with Crippen molar-refractivity contribution in [3.05, 3.63) is 95.6 Å². The predicted octanol–water partition coefficient (Wildman–Crippen LogP) is 4.53. The van der Waals surface area contributed by atoms with E-state index in [0.717, 1.165) is 16.3 Å². The maximum atomic E-state index is 13.6. The summed E-state index contributed by atoms with van der Waals surface area (Å²) in [5, 5.41) is 4.46. The number of anilines is 1. The van der Waals surface area contributed by atoms with E-state index in [1.165, 1.54) is 23.9 Å². The third-order valence-corrected chi connectivity index (χ3v) is 6.66. The molecule has 0 aliphatic carbocycles. The van der Waals surface area contributed by atoms with Gasteiger partial charge >= 0.3 is 5.97 Å². The highest BCUT2D eigenvalue weighted by Crippen LogP contribution is 2.48. The lowest BCUT2D eigenvalue weighted by atomic mass is 10.0. The van der Waals surface area contributed by atoms with E-state index in [4.69, 9.17) is 4.84 Å². The van der Waals surface area contributed by atoms with Crippen molar-refractivity contribution in [3.8, 4) is 0 Å². The Labute approximate surface area is 189 Å². The van der Waals surface area contributed by atoms with Crippen LogP contribution in [-0.2, 0) is 14.5 Å². The molecule has 1 unspecified atom stereocenters. The molecule has 1 atom stereocenters. The number of thioether (sulfide) groups is 1. The second-order valence-electron chi connectivity index (χ2n) is 7.43. The topological polar surface area (TPSA) is 71.5 Å². The average Bonchev–Trinajstić information content (AvgIpc) is 3.11. The number of nitrogens with one attached hydrogen (secondary N) is 1. The van der Waals surface area contributed by atoms with E-state index >= 15 is 0 Å². The number of benzene rings is 2. The first-order valence-electron chi connectivity index (χ1n) is 10.1. The molecule has 2 heterocycles. The Morgan fingerprint density at radius 1 is 1.19 bits per heavy atom. The molecule has 1 saturated heterocycles. The number of rotatable bonds is 7. The highest BCUT2D eigenvalue weighted by molar-refractivity contribution is 8.01. The summed E-state index contributed by atoms with van der Waals surface area (Å²) in [5.74, 6) is -1.16. The van der Waals surface area contributed by atoms with Gasteiger partial charge in [0.1, 0.15) is 5.82 Å². The van der Waals surface area contributed by atoms with Crippen molar-refractivity contribution in [1.82, 2.24) is 10.0 Å². The van der Waals surface area contributed by atoms with E-state index < -0.39 is 10.8 Å². The van der Waals surface area contributed by atoms with Gasteiger partial charge < -0.3 is 10.2 Å². The monoisotopic (exact) mass is 451 g/mol. The standard InChI is InChI=1S/C24H22FN3O3S/c1-17-3-2-4-18(15-17)23(30)31-28-22(29)16-32-24(28,19-5-7-20(25)8-6-19)11-14-27-21-9-12-26-13-10-21/h2-10,12-13,15H,11,14,16H2,1H3,(H,26,27). The lowest BCUT2D eigenvalue weighted by Crippen LogP contribution is -2.44. The normalized spacial score (nSPS) is 17.9. The second-order valence-corrected chi connectivity index (χ2v) is 8.68. The zero-order valence-electron chi connectivity index (χ0n) is 17.5. The zero-order chi connectivity index (χ0) is 22.6. The summed E-state index contributed by atoms with van der Waals surface area (Å²) in [6.45, 7) is 2.36. The van der Waals surface area contributed by atoms with E-state index in [9.17, 15) is 14.0 Å². The molecule has 0 spiro atoms. The molecular weight excluding hydrogens is 429 g/mol. The Morgan fingerprint density at radius 3 is 2.66 bits per heavy atom. The fourth-order valence-corrected chi connectivity index (χ4v) is 4.89. The van der Waals surface area contributed by atoms with Crippen molar-refractivity contribution in [3.63, 3.8) is 0 Å². The van der Waals surface area contributed by atoms with E-state index in [1.807, 2.05) is 25.1 Å². The molecule has 1 fully saturated rings. The molecule has 6 nitrogen and oxygen atoms in total. The number of hydrogen-bond acceptors (Lipinski definition) is 6. The first kappa shape index (κ1) is 21.8. The summed E-state index contributed by atoms with van der Waals surface area (Å²) in [6.07, 6.45) is 3.79. The number of hydroxylamine groups is 2. The molecule has 3 aromatic rings. The van der Waals surface area contributed by atoms with Crippen LogP contribution in [-0.4, -0.2) is 34.2 Å². The first-order chi connectivity index (χ1) is 15.5. The van der Waals surface area contributed by atoms with Crippen LogP contribution in [0.1, 0.15) is 27.9 Å². The molecule has 164 valence electrons. The molecule has 2 aromatic carbocycles. The van der Waals surface area contributed by atoms with Crippen LogP contribution in [0.25, 0.3) is 0 Å². The molecule has 1 N–H and O–H groups in total. The summed E-state index contributed by atoms with van der Waals surface area (Å²) < 4.78 is 13.6. The number of carbonyl (C=O) groups is 2. The van der Waals surface area contributed by atoms with Gasteiger partial charge in [-0.05, 0) is 48.9 Å². The molecule has 1 amide bonds. The highest BCUT2D eigenvalue weighted by Gasteiger charge is 2.50. The quantitative estimate of drug-likeness (QED) is 0.569. The summed E-state index contributed by atoms with van der Waals surface area (Å²) in [4.78, 5) is 34.4. The van der Waals surface area contributed by atoms with Gasteiger partial charge in [0.15, 0.2) is 4.87 Å². The SMILES string of the molecule is Cc1cccc(C(=O)ON2C(=O)CSC2(CCNc2ccncc2)c2ccc(F)cc2)c1. The van der Waals surface area contributed by atoms with Gasteiger partial charge in [-0.1, -0.05) is 29.8 Å². The number of amides is 1. The van der Waals surface area contributed by atoms with E-state index in [0.29, 0.717) is 24.1 Å². The third-order valence-electron chi connectivity index (χ3n) is 5.19. The Morgan fingerprint density at radius 2 is 1.94 bits per heavy atom. The number of aromatic nitrogens is 1. The summed E-state index contributed by atoms with van der Waals surface area (Å²) >= 11 is 1.36. The van der Waals surface area contributed by atoms with Gasteiger partial charge in [0.05, 0.1) is 11.3 Å². The van der Waals surface area contributed by atoms with Gasteiger partial charge in [0, 0.05) is 31.0 Å².